The molecule has 3 heterocycles. The first-order valence-electron chi connectivity index (χ1n) is 13.0. The number of ether oxygens (including phenoxy) is 1. The molecule has 8 nitrogen and oxygen atoms in total. The number of piperidine rings is 1. The number of nitrogens with one attached hydrogen (secondary N) is 1. The van der Waals surface area contributed by atoms with Crippen molar-refractivity contribution in [2.45, 2.75) is 68.9 Å². The van der Waals surface area contributed by atoms with Gasteiger partial charge in [-0.1, -0.05) is 6.42 Å². The summed E-state index contributed by atoms with van der Waals surface area (Å²) in [4.78, 5) is 19.9. The maximum Gasteiger partial charge on any atom is 0.260 e. The molecule has 1 N–H and O–H groups in total. The molecule has 1 aromatic heterocycles. The van der Waals surface area contributed by atoms with Gasteiger partial charge < -0.3 is 15.0 Å². The van der Waals surface area contributed by atoms with Gasteiger partial charge in [0.15, 0.2) is 5.03 Å². The highest BCUT2D eigenvalue weighted by atomic mass is 32.2. The third-order valence-electron chi connectivity index (χ3n) is 9.06. The summed E-state index contributed by atoms with van der Waals surface area (Å²) in [5.41, 5.74) is 0.597. The number of carbonyl (C=O) groups is 1. The first kappa shape index (κ1) is 22.6. The van der Waals surface area contributed by atoms with E-state index in [9.17, 15) is 13.2 Å². The summed E-state index contributed by atoms with van der Waals surface area (Å²) >= 11 is 0. The van der Waals surface area contributed by atoms with E-state index in [4.69, 9.17) is 4.74 Å². The van der Waals surface area contributed by atoms with Gasteiger partial charge in [-0.25, -0.2) is 8.42 Å². The number of nitrogens with zero attached hydrogens (tertiary/aromatic N) is 3. The highest BCUT2D eigenvalue weighted by Crippen LogP contribution is 2.60. The molecule has 1 unspecified atom stereocenters. The number of amides is 1. The molecule has 2 aliphatic heterocycles. The molecule has 0 spiro atoms. The molecular weight excluding hydrogens is 452 g/mol. The number of pyridine rings is 1. The Morgan fingerprint density at radius 2 is 1.82 bits per heavy atom. The van der Waals surface area contributed by atoms with E-state index in [1.807, 2.05) is 11.9 Å². The summed E-state index contributed by atoms with van der Waals surface area (Å²) in [6.07, 6.45) is 9.50. The van der Waals surface area contributed by atoms with Crippen molar-refractivity contribution in [1.82, 2.24) is 14.6 Å². The van der Waals surface area contributed by atoms with Gasteiger partial charge in [0.1, 0.15) is 6.61 Å². The molecule has 4 bridgehead atoms. The number of fused-ring (bicyclic) bond motifs is 1. The number of sulfonamides is 1. The van der Waals surface area contributed by atoms with Crippen LogP contribution in [0.4, 0.5) is 5.69 Å². The molecule has 0 radical (unpaired) electrons. The van der Waals surface area contributed by atoms with Crippen molar-refractivity contribution in [1.29, 1.82) is 0 Å². The molecule has 34 heavy (non-hydrogen) atoms. The second-order valence-corrected chi connectivity index (χ2v) is 13.3. The largest absolute Gasteiger partial charge is 0.474 e. The van der Waals surface area contributed by atoms with Crippen LogP contribution in [0.5, 0.6) is 5.88 Å². The summed E-state index contributed by atoms with van der Waals surface area (Å²) in [5, 5.41) is 3.25. The molecule has 1 saturated heterocycles. The van der Waals surface area contributed by atoms with Crippen molar-refractivity contribution in [3.05, 3.63) is 12.1 Å². The smallest absolute Gasteiger partial charge is 0.260 e. The normalized spacial score (nSPS) is 35.0. The van der Waals surface area contributed by atoms with Gasteiger partial charge in [0, 0.05) is 31.6 Å². The van der Waals surface area contributed by atoms with Crippen molar-refractivity contribution < 1.29 is 17.9 Å². The van der Waals surface area contributed by atoms with Crippen LogP contribution >= 0.6 is 0 Å². The van der Waals surface area contributed by atoms with Crippen molar-refractivity contribution in [2.75, 3.05) is 38.2 Å². The number of rotatable bonds is 5. The lowest BCUT2D eigenvalue weighted by molar-refractivity contribution is -0.146. The van der Waals surface area contributed by atoms with E-state index in [0.717, 1.165) is 50.8 Å². The van der Waals surface area contributed by atoms with Crippen LogP contribution in [0.15, 0.2) is 17.2 Å². The average molecular weight is 489 g/mol. The maximum absolute atomic E-state index is 13.6. The Bertz CT molecular complexity index is 1040. The summed E-state index contributed by atoms with van der Waals surface area (Å²) in [7, 11) is -1.83. The van der Waals surface area contributed by atoms with Crippen LogP contribution in [0.3, 0.4) is 0 Å². The Labute approximate surface area is 202 Å². The van der Waals surface area contributed by atoms with Gasteiger partial charge in [-0.05, 0) is 81.3 Å². The minimum absolute atomic E-state index is 0.0286. The van der Waals surface area contributed by atoms with Gasteiger partial charge in [-0.15, -0.1) is 0 Å². The average Bonchev–Trinajstić information content (AvgIpc) is 2.82. The molecule has 0 aromatic carbocycles. The predicted molar refractivity (Wildman–Crippen MR) is 128 cm³/mol. The lowest BCUT2D eigenvalue weighted by atomic mass is 9.49. The highest BCUT2D eigenvalue weighted by molar-refractivity contribution is 7.89. The van der Waals surface area contributed by atoms with Crippen molar-refractivity contribution >= 4 is 21.6 Å². The Morgan fingerprint density at radius 3 is 2.53 bits per heavy atom. The number of carbonyl (C=O) groups excluding carboxylic acids is 1. The third-order valence-corrected chi connectivity index (χ3v) is 10.9. The maximum atomic E-state index is 13.6. The van der Waals surface area contributed by atoms with Gasteiger partial charge in [-0.3, -0.25) is 4.79 Å². The first-order chi connectivity index (χ1) is 16.3. The molecule has 1 atom stereocenters. The van der Waals surface area contributed by atoms with Crippen LogP contribution in [-0.2, 0) is 14.8 Å². The summed E-state index contributed by atoms with van der Waals surface area (Å²) in [6, 6.07) is 3.12. The van der Waals surface area contributed by atoms with Crippen molar-refractivity contribution in [3.8, 4) is 5.88 Å². The highest BCUT2D eigenvalue weighted by Gasteiger charge is 2.54. The van der Waals surface area contributed by atoms with Crippen LogP contribution in [-0.4, -0.2) is 62.9 Å². The SMILES string of the molecule is CN1CCOc2nc(S(=O)(=O)N3CCCCC3CNC(=O)C34CC5CC(CC(C5)C3)C4)ccc21. The van der Waals surface area contributed by atoms with Crippen molar-refractivity contribution in [3.63, 3.8) is 0 Å². The van der Waals surface area contributed by atoms with Crippen molar-refractivity contribution in [2.24, 2.45) is 23.2 Å². The van der Waals surface area contributed by atoms with E-state index >= 15 is 0 Å². The molecule has 7 rings (SSSR count). The zero-order valence-electron chi connectivity index (χ0n) is 20.0. The zero-order chi connectivity index (χ0) is 23.5. The van der Waals surface area contributed by atoms with E-state index in [1.54, 1.807) is 16.4 Å². The van der Waals surface area contributed by atoms with Gasteiger partial charge in [-0.2, -0.15) is 9.29 Å². The minimum atomic E-state index is -3.78. The van der Waals surface area contributed by atoms with Crippen LogP contribution in [0.25, 0.3) is 0 Å². The molecule has 1 aromatic rings. The summed E-state index contributed by atoms with van der Waals surface area (Å²) in [6.45, 7) is 2.07. The van der Waals surface area contributed by atoms with Crippen LogP contribution in [0, 0.1) is 23.2 Å². The molecule has 186 valence electrons. The Morgan fingerprint density at radius 1 is 1.12 bits per heavy atom. The molecule has 5 fully saturated rings. The lowest BCUT2D eigenvalue weighted by Gasteiger charge is -2.55. The number of hydrogen-bond donors (Lipinski definition) is 1. The summed E-state index contributed by atoms with van der Waals surface area (Å²) < 4.78 is 34.4. The fraction of sp³-hybridized carbons (Fsp3) is 0.760. The zero-order valence-corrected chi connectivity index (χ0v) is 20.9. The molecular formula is C25H36N4O4S. The number of hydrogen-bond acceptors (Lipinski definition) is 6. The van der Waals surface area contributed by atoms with Crippen LogP contribution < -0.4 is 15.0 Å². The quantitative estimate of drug-likeness (QED) is 0.685. The Kier molecular flexibility index (Phi) is 5.56. The second kappa shape index (κ2) is 8.36. The summed E-state index contributed by atoms with van der Waals surface area (Å²) in [5.74, 6) is 2.66. The van der Waals surface area contributed by atoms with E-state index < -0.39 is 10.0 Å². The third kappa shape index (κ3) is 3.79. The molecule has 1 amide bonds. The number of likely N-dealkylation sites (N-methyl/N-ethyl adjacent to an activating group) is 1. The van der Waals surface area contributed by atoms with Crippen LogP contribution in [0.2, 0.25) is 0 Å². The van der Waals surface area contributed by atoms with Gasteiger partial charge in [0.2, 0.25) is 11.8 Å². The van der Waals surface area contributed by atoms with E-state index in [0.29, 0.717) is 43.3 Å². The number of anilines is 1. The number of aromatic nitrogens is 1. The topological polar surface area (TPSA) is 91.8 Å². The van der Waals surface area contributed by atoms with E-state index in [2.05, 4.69) is 10.3 Å². The Hall–Kier alpha value is -1.87. The lowest BCUT2D eigenvalue weighted by Crippen LogP contribution is -2.56. The van der Waals surface area contributed by atoms with E-state index in [1.165, 1.54) is 19.3 Å². The van der Waals surface area contributed by atoms with Crippen LogP contribution in [0.1, 0.15) is 57.8 Å². The minimum Gasteiger partial charge on any atom is -0.474 e. The molecule has 4 saturated carbocycles. The second-order valence-electron chi connectivity index (χ2n) is 11.4. The Balaban J connectivity index is 1.18. The monoisotopic (exact) mass is 488 g/mol. The van der Waals surface area contributed by atoms with Gasteiger partial charge in [0.25, 0.3) is 10.0 Å². The molecule has 6 aliphatic rings. The standard InChI is InChI=1S/C25H36N4O4S/c1-28-8-9-33-23-21(28)5-6-22(27-23)34(31,32)29-7-3-2-4-20(29)16-26-24(30)25-13-17-10-18(14-25)12-19(11-17)15-25/h5-6,17-20H,2-4,7-16H2,1H3,(H,26,30). The van der Waals surface area contributed by atoms with Gasteiger partial charge >= 0.3 is 0 Å². The van der Waals surface area contributed by atoms with Gasteiger partial charge in [0.05, 0.1) is 12.2 Å². The first-order valence-corrected chi connectivity index (χ1v) is 14.4. The fourth-order valence-electron chi connectivity index (χ4n) is 7.76. The predicted octanol–water partition coefficient (Wildman–Crippen LogP) is 2.79. The molecule has 9 heteroatoms. The fourth-order valence-corrected chi connectivity index (χ4v) is 9.38. The van der Waals surface area contributed by atoms with E-state index in [-0.39, 0.29) is 22.4 Å². The molecule has 4 aliphatic carbocycles.